The van der Waals surface area contributed by atoms with Crippen molar-refractivity contribution in [3.8, 4) is 5.75 Å². The molecule has 162 valence electrons. The molecule has 0 aliphatic rings. The number of fused-ring (bicyclic) bond motifs is 1. The van der Waals surface area contributed by atoms with E-state index >= 15 is 0 Å². The fraction of sp³-hybridized carbons (Fsp3) is 0.304. The molecular weight excluding hydrogens is 398 g/mol. The summed E-state index contributed by atoms with van der Waals surface area (Å²) in [5.41, 5.74) is 0.656. The van der Waals surface area contributed by atoms with Gasteiger partial charge < -0.3 is 14.8 Å². The number of aromatic nitrogens is 2. The number of methoxy groups -OCH3 is 1. The minimum Gasteiger partial charge on any atom is -0.497 e. The molecule has 0 saturated heterocycles. The van der Waals surface area contributed by atoms with Crippen molar-refractivity contribution in [2.24, 2.45) is 0 Å². The van der Waals surface area contributed by atoms with Crippen molar-refractivity contribution < 1.29 is 19.1 Å². The smallest absolute Gasteiger partial charge is 0.359 e. The van der Waals surface area contributed by atoms with Crippen LogP contribution in [0, 0.1) is 0 Å². The van der Waals surface area contributed by atoms with Crippen LogP contribution in [-0.4, -0.2) is 35.4 Å². The van der Waals surface area contributed by atoms with Crippen molar-refractivity contribution in [2.45, 2.75) is 32.9 Å². The van der Waals surface area contributed by atoms with Crippen LogP contribution in [0.15, 0.2) is 53.3 Å². The van der Waals surface area contributed by atoms with Gasteiger partial charge in [-0.05, 0) is 30.2 Å². The molecule has 0 spiro atoms. The molecule has 1 heterocycles. The first-order chi connectivity index (χ1) is 15.0. The highest BCUT2D eigenvalue weighted by molar-refractivity contribution is 6.02. The van der Waals surface area contributed by atoms with Gasteiger partial charge in [0.05, 0.1) is 12.5 Å². The fourth-order valence-electron chi connectivity index (χ4n) is 3.04. The number of carbonyl (C=O) groups is 2. The zero-order valence-corrected chi connectivity index (χ0v) is 17.6. The Bertz CT molecular complexity index is 1120. The van der Waals surface area contributed by atoms with E-state index in [9.17, 15) is 14.4 Å². The van der Waals surface area contributed by atoms with Gasteiger partial charge in [0.2, 0.25) is 0 Å². The Hall–Kier alpha value is -3.68. The maximum Gasteiger partial charge on any atom is 0.359 e. The molecule has 1 amide bonds. The highest BCUT2D eigenvalue weighted by Crippen LogP contribution is 2.15. The first-order valence-electron chi connectivity index (χ1n) is 10.1. The minimum absolute atomic E-state index is 0.0225. The lowest BCUT2D eigenvalue weighted by Crippen LogP contribution is -2.30. The predicted octanol–water partition coefficient (Wildman–Crippen LogP) is 2.68. The molecular formula is C23H25N3O5. The second-order valence-electron chi connectivity index (χ2n) is 6.98. The number of rotatable bonds is 9. The van der Waals surface area contributed by atoms with Crippen molar-refractivity contribution in [3.05, 3.63) is 70.1 Å². The Kier molecular flexibility index (Phi) is 7.37. The van der Waals surface area contributed by atoms with Gasteiger partial charge in [0.15, 0.2) is 12.3 Å². The predicted molar refractivity (Wildman–Crippen MR) is 116 cm³/mol. The molecule has 0 atom stereocenters. The lowest BCUT2D eigenvalue weighted by atomic mass is 10.1. The molecule has 0 aliphatic heterocycles. The number of nitrogens with one attached hydrogen (secondary N) is 1. The maximum absolute atomic E-state index is 12.7. The van der Waals surface area contributed by atoms with E-state index in [4.69, 9.17) is 9.47 Å². The van der Waals surface area contributed by atoms with Crippen LogP contribution in [0.3, 0.4) is 0 Å². The normalized spacial score (nSPS) is 10.6. The summed E-state index contributed by atoms with van der Waals surface area (Å²) in [5, 5.41) is 7.71. The topological polar surface area (TPSA) is 99.5 Å². The Morgan fingerprint density at radius 2 is 1.77 bits per heavy atom. The number of aryl methyl sites for hydroxylation is 1. The average molecular weight is 423 g/mol. The fourth-order valence-corrected chi connectivity index (χ4v) is 3.04. The SMILES string of the molecule is CCCCn1nc(C(=O)OCC(=O)NCc2ccc(OC)cc2)c2ccccc2c1=O. The van der Waals surface area contributed by atoms with Crippen LogP contribution in [0.1, 0.15) is 35.8 Å². The molecule has 0 radical (unpaired) electrons. The van der Waals surface area contributed by atoms with Crippen LogP contribution in [0.4, 0.5) is 0 Å². The second-order valence-corrected chi connectivity index (χ2v) is 6.98. The Morgan fingerprint density at radius 1 is 1.06 bits per heavy atom. The molecule has 0 fully saturated rings. The van der Waals surface area contributed by atoms with Gasteiger partial charge in [0, 0.05) is 18.5 Å². The molecule has 3 aromatic rings. The molecule has 8 nitrogen and oxygen atoms in total. The quantitative estimate of drug-likeness (QED) is 0.531. The van der Waals surface area contributed by atoms with Crippen LogP contribution in [-0.2, 0) is 22.6 Å². The van der Waals surface area contributed by atoms with Crippen LogP contribution in [0.25, 0.3) is 10.8 Å². The van der Waals surface area contributed by atoms with Crippen molar-refractivity contribution in [2.75, 3.05) is 13.7 Å². The third-order valence-corrected chi connectivity index (χ3v) is 4.77. The third kappa shape index (κ3) is 5.48. The average Bonchev–Trinajstić information content (AvgIpc) is 2.81. The van der Waals surface area contributed by atoms with E-state index < -0.39 is 18.5 Å². The molecule has 0 bridgehead atoms. The number of unbranched alkanes of at least 4 members (excludes halogenated alkanes) is 1. The monoisotopic (exact) mass is 423 g/mol. The van der Waals surface area contributed by atoms with E-state index in [1.54, 1.807) is 43.5 Å². The summed E-state index contributed by atoms with van der Waals surface area (Å²) < 4.78 is 11.6. The molecule has 1 aromatic heterocycles. The van der Waals surface area contributed by atoms with Crippen LogP contribution >= 0.6 is 0 Å². The van der Waals surface area contributed by atoms with Gasteiger partial charge in [-0.25, -0.2) is 9.48 Å². The molecule has 8 heteroatoms. The van der Waals surface area contributed by atoms with E-state index in [-0.39, 0.29) is 11.3 Å². The summed E-state index contributed by atoms with van der Waals surface area (Å²) in [6, 6.07) is 14.0. The maximum atomic E-state index is 12.7. The Morgan fingerprint density at radius 3 is 2.45 bits per heavy atom. The number of amides is 1. The zero-order chi connectivity index (χ0) is 22.2. The van der Waals surface area contributed by atoms with Gasteiger partial charge in [-0.15, -0.1) is 0 Å². The Balaban J connectivity index is 1.67. The van der Waals surface area contributed by atoms with Crippen LogP contribution in [0.2, 0.25) is 0 Å². The van der Waals surface area contributed by atoms with E-state index in [2.05, 4.69) is 10.4 Å². The van der Waals surface area contributed by atoms with Crippen LogP contribution in [0.5, 0.6) is 5.75 Å². The molecule has 2 aromatic carbocycles. The minimum atomic E-state index is -0.749. The van der Waals surface area contributed by atoms with Gasteiger partial charge in [-0.3, -0.25) is 9.59 Å². The summed E-state index contributed by atoms with van der Waals surface area (Å²) in [6.45, 7) is 2.26. The summed E-state index contributed by atoms with van der Waals surface area (Å²) in [4.78, 5) is 37.4. The van der Waals surface area contributed by atoms with Crippen molar-refractivity contribution in [1.29, 1.82) is 0 Å². The Labute approximate surface area is 179 Å². The second kappa shape index (κ2) is 10.4. The van der Waals surface area contributed by atoms with Gasteiger partial charge in [0.1, 0.15) is 5.75 Å². The van der Waals surface area contributed by atoms with Gasteiger partial charge in [-0.1, -0.05) is 43.7 Å². The summed E-state index contributed by atoms with van der Waals surface area (Å²) in [7, 11) is 1.58. The van der Waals surface area contributed by atoms with E-state index in [1.165, 1.54) is 4.68 Å². The number of hydrogen-bond donors (Lipinski definition) is 1. The van der Waals surface area contributed by atoms with Crippen LogP contribution < -0.4 is 15.6 Å². The summed E-state index contributed by atoms with van der Waals surface area (Å²) in [6.07, 6.45) is 1.64. The number of esters is 1. The van der Waals surface area contributed by atoms with Gasteiger partial charge in [-0.2, -0.15) is 5.10 Å². The molecule has 1 N–H and O–H groups in total. The number of nitrogens with zero attached hydrogens (tertiary/aromatic N) is 2. The highest BCUT2D eigenvalue weighted by atomic mass is 16.5. The highest BCUT2D eigenvalue weighted by Gasteiger charge is 2.19. The molecule has 0 unspecified atom stereocenters. The van der Waals surface area contributed by atoms with Gasteiger partial charge >= 0.3 is 5.97 Å². The summed E-state index contributed by atoms with van der Waals surface area (Å²) >= 11 is 0. The lowest BCUT2D eigenvalue weighted by molar-refractivity contribution is -0.124. The largest absolute Gasteiger partial charge is 0.497 e. The third-order valence-electron chi connectivity index (χ3n) is 4.77. The standard InChI is InChI=1S/C23H25N3O5/c1-3-4-13-26-22(28)19-8-6-5-7-18(19)21(25-26)23(29)31-15-20(27)24-14-16-9-11-17(30-2)12-10-16/h5-12H,3-4,13-15H2,1-2H3,(H,24,27). The number of ether oxygens (including phenoxy) is 2. The first kappa shape index (κ1) is 22.0. The number of benzene rings is 2. The molecule has 3 rings (SSSR count). The molecule has 0 aliphatic carbocycles. The van der Waals surface area contributed by atoms with Crippen molar-refractivity contribution >= 4 is 22.6 Å². The van der Waals surface area contributed by atoms with Gasteiger partial charge in [0.25, 0.3) is 11.5 Å². The van der Waals surface area contributed by atoms with E-state index in [1.807, 2.05) is 19.1 Å². The first-order valence-corrected chi connectivity index (χ1v) is 10.1. The number of carbonyl (C=O) groups excluding carboxylic acids is 2. The zero-order valence-electron chi connectivity index (χ0n) is 17.6. The molecule has 0 saturated carbocycles. The molecule has 31 heavy (non-hydrogen) atoms. The lowest BCUT2D eigenvalue weighted by Gasteiger charge is -2.11. The van der Waals surface area contributed by atoms with Crippen molar-refractivity contribution in [3.63, 3.8) is 0 Å². The number of hydrogen-bond acceptors (Lipinski definition) is 6. The summed E-state index contributed by atoms with van der Waals surface area (Å²) in [5.74, 6) is -0.460. The van der Waals surface area contributed by atoms with Crippen molar-refractivity contribution in [1.82, 2.24) is 15.1 Å². The van der Waals surface area contributed by atoms with E-state index in [0.717, 1.165) is 24.2 Å². The van der Waals surface area contributed by atoms with E-state index in [0.29, 0.717) is 23.9 Å².